The lowest BCUT2D eigenvalue weighted by molar-refractivity contribution is -0.138. The van der Waals surface area contributed by atoms with Gasteiger partial charge in [-0.25, -0.2) is 8.42 Å². The molecule has 2 N–H and O–H groups in total. The van der Waals surface area contributed by atoms with E-state index in [1.54, 1.807) is 0 Å². The first-order chi connectivity index (χ1) is 19.7. The molecule has 8 nitrogen and oxygen atoms in total. The number of nitrogens with one attached hydrogen (secondary N) is 2. The van der Waals surface area contributed by atoms with Crippen molar-refractivity contribution in [3.63, 3.8) is 0 Å². The van der Waals surface area contributed by atoms with Crippen molar-refractivity contribution in [3.05, 3.63) is 57.1 Å². The first kappa shape index (κ1) is 32.5. The molecule has 0 saturated carbocycles. The fourth-order valence-corrected chi connectivity index (χ4v) is 6.93. The molecule has 0 spiro atoms. The molecule has 4 rings (SSSR count). The highest BCUT2D eigenvalue weighted by atomic mass is 35.5. The van der Waals surface area contributed by atoms with E-state index >= 15 is 0 Å². The second-order valence-corrected chi connectivity index (χ2v) is 13.7. The third kappa shape index (κ3) is 7.39. The molecule has 2 amide bonds. The molecule has 0 aromatic heterocycles. The number of amides is 2. The van der Waals surface area contributed by atoms with Crippen molar-refractivity contribution >= 4 is 50.5 Å². The summed E-state index contributed by atoms with van der Waals surface area (Å²) in [6.45, 7) is 3.60. The minimum atomic E-state index is -4.82. The van der Waals surface area contributed by atoms with E-state index < -0.39 is 27.5 Å². The molecule has 2 aliphatic rings. The third-order valence-corrected chi connectivity index (χ3v) is 10.1. The number of carbonyl (C=O) groups is 2. The van der Waals surface area contributed by atoms with Crippen LogP contribution in [0.2, 0.25) is 10.0 Å². The highest BCUT2D eigenvalue weighted by Gasteiger charge is 2.37. The Kier molecular flexibility index (Phi) is 10.1. The van der Waals surface area contributed by atoms with Gasteiger partial charge in [-0.1, -0.05) is 30.1 Å². The fourth-order valence-electron chi connectivity index (χ4n) is 5.39. The summed E-state index contributed by atoms with van der Waals surface area (Å²) in [5, 5.41) is 6.10. The van der Waals surface area contributed by atoms with Crippen molar-refractivity contribution in [2.24, 2.45) is 5.92 Å². The number of hydrogen-bond donors (Lipinski definition) is 2. The number of sulfone groups is 1. The van der Waals surface area contributed by atoms with Crippen molar-refractivity contribution in [2.45, 2.75) is 49.8 Å². The Bertz CT molecular complexity index is 1450. The van der Waals surface area contributed by atoms with Crippen LogP contribution >= 0.6 is 23.2 Å². The standard InChI is InChI=1S/C28H33Cl2F3N4O4S/c1-3-42(40,41)25-7-6-19(29)13-24(25)36(2)27(39)18-11-22(28(31,32)33)21(23(30)12-18)16-37-10-4-5-20(15-37)35-26(38)17-8-9-34-14-17/h6-7,11-13,17,20,34H,3-5,8-10,14-16H2,1-2H3,(H,35,38)/t17-,20-/m0/s1. The van der Waals surface area contributed by atoms with E-state index in [1.807, 2.05) is 4.90 Å². The molecule has 2 aromatic rings. The maximum atomic E-state index is 14.3. The number of benzene rings is 2. The quantitative estimate of drug-likeness (QED) is 0.428. The van der Waals surface area contributed by atoms with Gasteiger partial charge in [-0.15, -0.1) is 0 Å². The van der Waals surface area contributed by atoms with Gasteiger partial charge in [0.25, 0.3) is 5.91 Å². The van der Waals surface area contributed by atoms with Gasteiger partial charge >= 0.3 is 6.18 Å². The van der Waals surface area contributed by atoms with Gasteiger partial charge in [-0.05, 0) is 68.2 Å². The van der Waals surface area contributed by atoms with Crippen LogP contribution in [-0.2, 0) is 27.4 Å². The second-order valence-electron chi connectivity index (χ2n) is 10.6. The monoisotopic (exact) mass is 648 g/mol. The zero-order valence-corrected chi connectivity index (χ0v) is 25.6. The van der Waals surface area contributed by atoms with Gasteiger partial charge in [-0.3, -0.25) is 14.5 Å². The molecule has 14 heteroatoms. The van der Waals surface area contributed by atoms with Crippen LogP contribution in [0.1, 0.15) is 47.7 Å². The average molecular weight is 650 g/mol. The topological polar surface area (TPSA) is 98.8 Å². The average Bonchev–Trinajstić information content (AvgIpc) is 3.48. The lowest BCUT2D eigenvalue weighted by atomic mass is 9.99. The number of anilines is 1. The normalized spacial score (nSPS) is 20.0. The zero-order chi connectivity index (χ0) is 30.8. The van der Waals surface area contributed by atoms with E-state index in [4.69, 9.17) is 23.2 Å². The van der Waals surface area contributed by atoms with Crippen LogP contribution in [0.3, 0.4) is 0 Å². The van der Waals surface area contributed by atoms with E-state index in [2.05, 4.69) is 10.6 Å². The number of halogens is 5. The molecule has 0 unspecified atom stereocenters. The van der Waals surface area contributed by atoms with Gasteiger partial charge in [-0.2, -0.15) is 13.2 Å². The van der Waals surface area contributed by atoms with Crippen molar-refractivity contribution in [3.8, 4) is 0 Å². The van der Waals surface area contributed by atoms with Crippen molar-refractivity contribution in [1.29, 1.82) is 0 Å². The summed E-state index contributed by atoms with van der Waals surface area (Å²) in [4.78, 5) is 28.6. The van der Waals surface area contributed by atoms with Gasteiger partial charge in [0, 0.05) is 48.3 Å². The Balaban J connectivity index is 1.59. The summed E-state index contributed by atoms with van der Waals surface area (Å²) < 4.78 is 68.3. The number of nitrogens with zero attached hydrogens (tertiary/aromatic N) is 2. The molecule has 2 aliphatic heterocycles. The highest BCUT2D eigenvalue weighted by Crippen LogP contribution is 2.38. The van der Waals surface area contributed by atoms with E-state index in [1.165, 1.54) is 38.2 Å². The molecule has 42 heavy (non-hydrogen) atoms. The molecular formula is C28H33Cl2F3N4O4S. The van der Waals surface area contributed by atoms with Crippen LogP contribution in [0.4, 0.5) is 18.9 Å². The maximum Gasteiger partial charge on any atom is 0.416 e. The van der Waals surface area contributed by atoms with Crippen LogP contribution in [-0.4, -0.2) is 70.2 Å². The molecule has 2 atom stereocenters. The first-order valence-corrected chi connectivity index (χ1v) is 16.1. The van der Waals surface area contributed by atoms with E-state index in [0.29, 0.717) is 26.1 Å². The SMILES string of the molecule is CCS(=O)(=O)c1ccc(Cl)cc1N(C)C(=O)c1cc(Cl)c(CN2CCC[C@H](NC(=O)[C@H]3CCNC3)C2)c(C(F)(F)F)c1. The van der Waals surface area contributed by atoms with Gasteiger partial charge < -0.3 is 15.5 Å². The maximum absolute atomic E-state index is 14.3. The summed E-state index contributed by atoms with van der Waals surface area (Å²) >= 11 is 12.5. The van der Waals surface area contributed by atoms with Crippen LogP contribution in [0.5, 0.6) is 0 Å². The lowest BCUT2D eigenvalue weighted by Gasteiger charge is -2.34. The number of carbonyl (C=O) groups excluding carboxylic acids is 2. The summed E-state index contributed by atoms with van der Waals surface area (Å²) in [6.07, 6.45) is -2.66. The summed E-state index contributed by atoms with van der Waals surface area (Å²) in [6, 6.07) is 5.62. The smallest absolute Gasteiger partial charge is 0.352 e. The summed E-state index contributed by atoms with van der Waals surface area (Å²) in [5.74, 6) is -1.30. The minimum Gasteiger partial charge on any atom is -0.352 e. The molecule has 2 saturated heterocycles. The molecule has 2 aromatic carbocycles. The number of hydrogen-bond acceptors (Lipinski definition) is 6. The van der Waals surface area contributed by atoms with E-state index in [-0.39, 0.29) is 61.9 Å². The van der Waals surface area contributed by atoms with Crippen LogP contribution in [0, 0.1) is 5.92 Å². The van der Waals surface area contributed by atoms with Gasteiger partial charge in [0.15, 0.2) is 9.84 Å². The molecule has 0 bridgehead atoms. The van der Waals surface area contributed by atoms with Gasteiger partial charge in [0.2, 0.25) is 5.91 Å². The number of likely N-dealkylation sites (tertiary alicyclic amines) is 1. The molecule has 0 radical (unpaired) electrons. The fraction of sp³-hybridized carbons (Fsp3) is 0.500. The Morgan fingerprint density at radius 1 is 1.17 bits per heavy atom. The second kappa shape index (κ2) is 13.1. The Hall–Kier alpha value is -2.38. The molecule has 2 fully saturated rings. The Morgan fingerprint density at radius 3 is 2.55 bits per heavy atom. The van der Waals surface area contributed by atoms with Gasteiger partial charge in [0.1, 0.15) is 0 Å². The molecule has 230 valence electrons. The number of rotatable bonds is 8. The number of piperidine rings is 1. The molecule has 0 aliphatic carbocycles. The van der Waals surface area contributed by atoms with Crippen molar-refractivity contribution < 1.29 is 31.2 Å². The van der Waals surface area contributed by atoms with E-state index in [9.17, 15) is 31.2 Å². The zero-order valence-electron chi connectivity index (χ0n) is 23.2. The first-order valence-electron chi connectivity index (χ1n) is 13.6. The largest absolute Gasteiger partial charge is 0.416 e. The predicted molar refractivity (Wildman–Crippen MR) is 156 cm³/mol. The van der Waals surface area contributed by atoms with Crippen molar-refractivity contribution in [1.82, 2.24) is 15.5 Å². The molecular weight excluding hydrogens is 616 g/mol. The summed E-state index contributed by atoms with van der Waals surface area (Å²) in [5.41, 5.74) is -1.64. The van der Waals surface area contributed by atoms with E-state index in [0.717, 1.165) is 30.4 Å². The van der Waals surface area contributed by atoms with Crippen LogP contribution in [0.25, 0.3) is 0 Å². The summed E-state index contributed by atoms with van der Waals surface area (Å²) in [7, 11) is -2.51. The van der Waals surface area contributed by atoms with Crippen LogP contribution < -0.4 is 15.5 Å². The third-order valence-electron chi connectivity index (χ3n) is 7.71. The minimum absolute atomic E-state index is 0.0533. The van der Waals surface area contributed by atoms with Gasteiger partial charge in [0.05, 0.1) is 27.8 Å². The van der Waals surface area contributed by atoms with Crippen molar-refractivity contribution in [2.75, 3.05) is 43.9 Å². The molecule has 2 heterocycles. The Morgan fingerprint density at radius 2 is 1.90 bits per heavy atom. The number of alkyl halides is 3. The Labute approximate surface area is 253 Å². The van der Waals surface area contributed by atoms with Crippen LogP contribution in [0.15, 0.2) is 35.2 Å². The lowest BCUT2D eigenvalue weighted by Crippen LogP contribution is -2.49. The predicted octanol–water partition coefficient (Wildman–Crippen LogP) is 4.77. The highest BCUT2D eigenvalue weighted by molar-refractivity contribution is 7.91.